The van der Waals surface area contributed by atoms with Crippen molar-refractivity contribution >= 4 is 33.3 Å². The molecule has 3 nitrogen and oxygen atoms in total. The van der Waals surface area contributed by atoms with Crippen molar-refractivity contribution in [3.05, 3.63) is 39.0 Å². The largest absolute Gasteiger partial charge is 0.370 e. The van der Waals surface area contributed by atoms with Crippen LogP contribution in [0.1, 0.15) is 31.5 Å². The molecule has 112 valence electrons. The fraction of sp³-hybridized carbons (Fsp3) is 0.375. The highest BCUT2D eigenvalue weighted by atomic mass is 79.9. The van der Waals surface area contributed by atoms with Crippen molar-refractivity contribution < 1.29 is 0 Å². The van der Waals surface area contributed by atoms with E-state index < -0.39 is 0 Å². The molecule has 1 aromatic heterocycles. The van der Waals surface area contributed by atoms with E-state index in [0.29, 0.717) is 5.02 Å². The minimum Gasteiger partial charge on any atom is -0.370 e. The second-order valence-electron chi connectivity index (χ2n) is 4.88. The summed E-state index contributed by atoms with van der Waals surface area (Å²) in [7, 11) is 0. The Morgan fingerprint density at radius 2 is 2.00 bits per heavy atom. The van der Waals surface area contributed by atoms with Crippen molar-refractivity contribution in [3.8, 4) is 11.4 Å². The second-order valence-corrected chi connectivity index (χ2v) is 6.14. The Balaban J connectivity index is 2.49. The normalized spacial score (nSPS) is 10.7. The molecule has 0 spiro atoms. The number of rotatable bonds is 5. The van der Waals surface area contributed by atoms with Crippen LogP contribution < -0.4 is 5.32 Å². The summed E-state index contributed by atoms with van der Waals surface area (Å²) in [4.78, 5) is 9.36. The van der Waals surface area contributed by atoms with Crippen molar-refractivity contribution in [3.63, 3.8) is 0 Å². The van der Waals surface area contributed by atoms with Crippen molar-refractivity contribution in [1.29, 1.82) is 0 Å². The van der Waals surface area contributed by atoms with Gasteiger partial charge in [-0.3, -0.25) is 0 Å². The van der Waals surface area contributed by atoms with Crippen molar-refractivity contribution in [2.24, 2.45) is 0 Å². The highest BCUT2D eigenvalue weighted by Gasteiger charge is 2.12. The number of nitrogens with zero attached hydrogens (tertiary/aromatic N) is 2. The molecule has 21 heavy (non-hydrogen) atoms. The van der Waals surface area contributed by atoms with Crippen LogP contribution in [0, 0.1) is 6.92 Å². The molecule has 0 aliphatic rings. The van der Waals surface area contributed by atoms with Gasteiger partial charge in [-0.25, -0.2) is 9.97 Å². The lowest BCUT2D eigenvalue weighted by Gasteiger charge is -2.13. The van der Waals surface area contributed by atoms with Crippen LogP contribution in [0.2, 0.25) is 5.02 Å². The average Bonchev–Trinajstić information content (AvgIpc) is 2.49. The number of hydrogen-bond donors (Lipinski definition) is 1. The molecule has 0 radical (unpaired) electrons. The fourth-order valence-electron chi connectivity index (χ4n) is 2.09. The number of halogens is 2. The lowest BCUT2D eigenvalue weighted by molar-refractivity contribution is 0.936. The summed E-state index contributed by atoms with van der Waals surface area (Å²) in [6.07, 6.45) is 1.95. The summed E-state index contributed by atoms with van der Waals surface area (Å²) in [5.41, 5.74) is 3.16. The topological polar surface area (TPSA) is 37.8 Å². The minimum atomic E-state index is 0.686. The van der Waals surface area contributed by atoms with Gasteiger partial charge in [-0.05, 0) is 53.9 Å². The third kappa shape index (κ3) is 3.74. The Hall–Kier alpha value is -1.13. The highest BCUT2D eigenvalue weighted by molar-refractivity contribution is 9.10. The molecule has 2 rings (SSSR count). The minimum absolute atomic E-state index is 0.686. The molecule has 0 bridgehead atoms. The molecule has 1 heterocycles. The molecular formula is C16H19BrClN3. The van der Waals surface area contributed by atoms with Crippen molar-refractivity contribution in [1.82, 2.24) is 9.97 Å². The van der Waals surface area contributed by atoms with Gasteiger partial charge in [0.25, 0.3) is 0 Å². The zero-order chi connectivity index (χ0) is 15.4. The zero-order valence-electron chi connectivity index (χ0n) is 12.5. The van der Waals surface area contributed by atoms with Crippen LogP contribution in [0.4, 0.5) is 5.82 Å². The molecule has 5 heteroatoms. The Kier molecular flexibility index (Phi) is 5.59. The first-order chi connectivity index (χ1) is 10.1. The number of benzene rings is 1. The van der Waals surface area contributed by atoms with E-state index in [1.165, 1.54) is 0 Å². The molecule has 0 aliphatic carbocycles. The summed E-state index contributed by atoms with van der Waals surface area (Å²) in [6.45, 7) is 7.23. The maximum atomic E-state index is 6.05. The molecule has 0 aliphatic heterocycles. The van der Waals surface area contributed by atoms with E-state index in [0.717, 1.165) is 52.3 Å². The Bertz CT molecular complexity index is 644. The van der Waals surface area contributed by atoms with Crippen molar-refractivity contribution in [2.75, 3.05) is 11.9 Å². The number of aryl methyl sites for hydroxylation is 1. The average molecular weight is 369 g/mol. The van der Waals surface area contributed by atoms with E-state index in [9.17, 15) is 0 Å². The standard InChI is InChI=1S/C16H19BrClN3/c1-4-8-19-15-10(3)14(5-2)20-16(21-15)11-6-7-13(18)12(17)9-11/h6-7,9H,4-5,8H2,1-3H3,(H,19,20,21). The molecule has 0 fully saturated rings. The molecule has 0 atom stereocenters. The van der Waals surface area contributed by atoms with Crippen LogP contribution in [0.3, 0.4) is 0 Å². The van der Waals surface area contributed by atoms with Gasteiger partial charge in [-0.2, -0.15) is 0 Å². The molecule has 0 saturated carbocycles. The van der Waals surface area contributed by atoms with Gasteiger partial charge >= 0.3 is 0 Å². The van der Waals surface area contributed by atoms with Crippen LogP contribution in [-0.4, -0.2) is 16.5 Å². The van der Waals surface area contributed by atoms with Crippen LogP contribution in [0.25, 0.3) is 11.4 Å². The van der Waals surface area contributed by atoms with Gasteiger partial charge in [-0.15, -0.1) is 0 Å². The van der Waals surface area contributed by atoms with Gasteiger partial charge in [0, 0.05) is 27.8 Å². The summed E-state index contributed by atoms with van der Waals surface area (Å²) < 4.78 is 0.854. The van der Waals surface area contributed by atoms with Gasteiger partial charge in [0.05, 0.1) is 5.02 Å². The second kappa shape index (κ2) is 7.23. The molecule has 0 amide bonds. The lowest BCUT2D eigenvalue weighted by Crippen LogP contribution is -2.08. The van der Waals surface area contributed by atoms with E-state index in [1.807, 2.05) is 18.2 Å². The fourth-order valence-corrected chi connectivity index (χ4v) is 2.58. The van der Waals surface area contributed by atoms with Crippen LogP contribution in [0.5, 0.6) is 0 Å². The van der Waals surface area contributed by atoms with E-state index >= 15 is 0 Å². The first-order valence-corrected chi connectivity index (χ1v) is 8.30. The SMILES string of the molecule is CCCNc1nc(-c2ccc(Cl)c(Br)c2)nc(CC)c1C. The Morgan fingerprint density at radius 3 is 2.62 bits per heavy atom. The summed E-state index contributed by atoms with van der Waals surface area (Å²) in [6, 6.07) is 5.76. The Labute approximate surface area is 139 Å². The van der Waals surface area contributed by atoms with Gasteiger partial charge in [0.2, 0.25) is 0 Å². The molecular weight excluding hydrogens is 350 g/mol. The Morgan fingerprint density at radius 1 is 1.24 bits per heavy atom. The number of aromatic nitrogens is 2. The van der Waals surface area contributed by atoms with Gasteiger partial charge in [-0.1, -0.05) is 25.4 Å². The van der Waals surface area contributed by atoms with Gasteiger partial charge in [0.1, 0.15) is 5.82 Å². The van der Waals surface area contributed by atoms with E-state index in [4.69, 9.17) is 11.6 Å². The van der Waals surface area contributed by atoms with E-state index in [2.05, 4.69) is 52.0 Å². The molecule has 0 saturated heterocycles. The maximum absolute atomic E-state index is 6.05. The molecule has 1 N–H and O–H groups in total. The predicted molar refractivity (Wildman–Crippen MR) is 93.1 cm³/mol. The zero-order valence-corrected chi connectivity index (χ0v) is 14.8. The van der Waals surface area contributed by atoms with Crippen molar-refractivity contribution in [2.45, 2.75) is 33.6 Å². The van der Waals surface area contributed by atoms with E-state index in [1.54, 1.807) is 0 Å². The van der Waals surface area contributed by atoms with Crippen LogP contribution in [0.15, 0.2) is 22.7 Å². The first-order valence-electron chi connectivity index (χ1n) is 7.13. The molecule has 0 unspecified atom stereocenters. The third-order valence-corrected chi connectivity index (χ3v) is 4.52. The smallest absolute Gasteiger partial charge is 0.161 e. The molecule has 2 aromatic rings. The quantitative estimate of drug-likeness (QED) is 0.783. The van der Waals surface area contributed by atoms with Crippen LogP contribution >= 0.6 is 27.5 Å². The summed E-state index contributed by atoms with van der Waals surface area (Å²) in [5, 5.41) is 4.07. The maximum Gasteiger partial charge on any atom is 0.161 e. The third-order valence-electron chi connectivity index (χ3n) is 3.30. The molecule has 1 aromatic carbocycles. The number of anilines is 1. The predicted octanol–water partition coefficient (Wildman–Crippen LogP) is 5.25. The highest BCUT2D eigenvalue weighted by Crippen LogP contribution is 2.29. The van der Waals surface area contributed by atoms with Gasteiger partial charge in [0.15, 0.2) is 5.82 Å². The van der Waals surface area contributed by atoms with Crippen LogP contribution in [-0.2, 0) is 6.42 Å². The number of hydrogen-bond acceptors (Lipinski definition) is 3. The van der Waals surface area contributed by atoms with Gasteiger partial charge < -0.3 is 5.32 Å². The monoisotopic (exact) mass is 367 g/mol. The lowest BCUT2D eigenvalue weighted by atomic mass is 10.1. The summed E-state index contributed by atoms with van der Waals surface area (Å²) in [5.74, 6) is 1.65. The van der Waals surface area contributed by atoms with E-state index in [-0.39, 0.29) is 0 Å². The number of nitrogens with one attached hydrogen (secondary N) is 1. The first kappa shape index (κ1) is 16.2. The summed E-state index contributed by atoms with van der Waals surface area (Å²) >= 11 is 9.50.